The van der Waals surface area contributed by atoms with Gasteiger partial charge in [-0.2, -0.15) is 13.2 Å². The summed E-state index contributed by atoms with van der Waals surface area (Å²) in [5.74, 6) is -1.10. The van der Waals surface area contributed by atoms with Crippen molar-refractivity contribution in [3.63, 3.8) is 0 Å². The van der Waals surface area contributed by atoms with Crippen molar-refractivity contribution in [3.8, 4) is 0 Å². The molecule has 2 fully saturated rings. The van der Waals surface area contributed by atoms with Gasteiger partial charge in [0.15, 0.2) is 0 Å². The van der Waals surface area contributed by atoms with Gasteiger partial charge in [0.1, 0.15) is 0 Å². The minimum absolute atomic E-state index is 0.242. The maximum absolute atomic E-state index is 11.9. The zero-order valence-electron chi connectivity index (χ0n) is 19.5. The Bertz CT molecular complexity index is 664. The highest BCUT2D eigenvalue weighted by Gasteiger charge is 2.62. The summed E-state index contributed by atoms with van der Waals surface area (Å²) in [5, 5.41) is 6.38. The van der Waals surface area contributed by atoms with Crippen LogP contribution in [0.25, 0.3) is 0 Å². The van der Waals surface area contributed by atoms with Crippen LogP contribution in [-0.2, 0) is 19.2 Å². The number of carbonyl (C=O) groups excluding carboxylic acids is 4. The van der Waals surface area contributed by atoms with E-state index in [1.807, 2.05) is 0 Å². The van der Waals surface area contributed by atoms with Gasteiger partial charge in [0.05, 0.1) is 12.7 Å². The number of rotatable bonds is 6. The number of amides is 4. The molecule has 0 radical (unpaired) electrons. The minimum Gasteiger partial charge on any atom is -0.341 e. The molecule has 1 aliphatic carbocycles. The number of hydrogen-bond donors (Lipinski definition) is 3. The molecule has 32 heavy (non-hydrogen) atoms. The monoisotopic (exact) mass is 464 g/mol. The Morgan fingerprint density at radius 2 is 1.59 bits per heavy atom. The standard InChI is InChI=1S/C11H15F3N2O2.C6H10N2O2.C4H10/c1-10(2)6-4-16(5-7(6)10)8(17)3-15-9(18)11(12,13)14;1-3-6(10)8-5(2)7-4-9;1-4(2)3/h6-7H,3-5H2,1-2H3,(H,15,18);3-5H,1H2,2H3,(H,7,9)(H,8,10);4H,1-3H3. The van der Waals surface area contributed by atoms with Crippen LogP contribution in [0.1, 0.15) is 41.5 Å². The highest BCUT2D eigenvalue weighted by molar-refractivity contribution is 5.88. The average Bonchev–Trinajstić information content (AvgIpc) is 2.99. The van der Waals surface area contributed by atoms with Crippen LogP contribution >= 0.6 is 0 Å². The molecule has 0 aromatic carbocycles. The van der Waals surface area contributed by atoms with Crippen molar-refractivity contribution in [2.45, 2.75) is 53.9 Å². The molecule has 3 atom stereocenters. The first-order valence-electron chi connectivity index (χ1n) is 10.3. The van der Waals surface area contributed by atoms with Gasteiger partial charge in [-0.1, -0.05) is 41.2 Å². The summed E-state index contributed by atoms with van der Waals surface area (Å²) >= 11 is 0. The molecule has 2 aliphatic rings. The van der Waals surface area contributed by atoms with Crippen LogP contribution in [0.4, 0.5) is 13.2 Å². The number of likely N-dealkylation sites (tertiary alicyclic amines) is 1. The van der Waals surface area contributed by atoms with Crippen molar-refractivity contribution in [2.24, 2.45) is 23.2 Å². The first kappa shape index (κ1) is 29.4. The maximum Gasteiger partial charge on any atom is 0.471 e. The van der Waals surface area contributed by atoms with Crippen molar-refractivity contribution in [1.29, 1.82) is 0 Å². The number of nitrogens with zero attached hydrogens (tertiary/aromatic N) is 1. The van der Waals surface area contributed by atoms with Crippen LogP contribution in [0.2, 0.25) is 0 Å². The van der Waals surface area contributed by atoms with Gasteiger partial charge in [0, 0.05) is 13.1 Å². The van der Waals surface area contributed by atoms with Gasteiger partial charge in [0.2, 0.25) is 18.2 Å². The zero-order chi connectivity index (χ0) is 25.3. The van der Waals surface area contributed by atoms with Gasteiger partial charge in [-0.3, -0.25) is 19.2 Å². The van der Waals surface area contributed by atoms with E-state index in [2.05, 4.69) is 51.8 Å². The number of fused-ring (bicyclic) bond motifs is 1. The third kappa shape index (κ3) is 10.1. The summed E-state index contributed by atoms with van der Waals surface area (Å²) in [7, 11) is 0. The third-order valence-electron chi connectivity index (χ3n) is 4.99. The topological polar surface area (TPSA) is 108 Å². The molecule has 3 unspecified atom stereocenters. The lowest BCUT2D eigenvalue weighted by Gasteiger charge is -2.22. The molecule has 0 bridgehead atoms. The van der Waals surface area contributed by atoms with Crippen LogP contribution in [-0.4, -0.2) is 61.0 Å². The highest BCUT2D eigenvalue weighted by Crippen LogP contribution is 2.61. The van der Waals surface area contributed by atoms with Gasteiger partial charge < -0.3 is 20.9 Å². The van der Waals surface area contributed by atoms with Crippen molar-refractivity contribution < 1.29 is 32.3 Å². The summed E-state index contributed by atoms with van der Waals surface area (Å²) < 4.78 is 35.7. The minimum atomic E-state index is -4.94. The van der Waals surface area contributed by atoms with E-state index in [0.717, 1.165) is 12.0 Å². The number of hydrogen-bond acceptors (Lipinski definition) is 4. The van der Waals surface area contributed by atoms with E-state index in [1.54, 1.807) is 12.2 Å². The summed E-state index contributed by atoms with van der Waals surface area (Å²) in [6, 6.07) is 0. The summed E-state index contributed by atoms with van der Waals surface area (Å²) in [4.78, 5) is 44.0. The van der Waals surface area contributed by atoms with Crippen LogP contribution < -0.4 is 16.0 Å². The first-order chi connectivity index (χ1) is 14.6. The predicted octanol–water partition coefficient (Wildman–Crippen LogP) is 1.82. The van der Waals surface area contributed by atoms with Crippen LogP contribution in [0.3, 0.4) is 0 Å². The Kier molecular flexibility index (Phi) is 11.4. The summed E-state index contributed by atoms with van der Waals surface area (Å²) in [6.45, 7) is 16.2. The average molecular weight is 465 g/mol. The quantitative estimate of drug-likeness (QED) is 0.317. The fourth-order valence-electron chi connectivity index (χ4n) is 3.12. The second-order valence-electron chi connectivity index (χ2n) is 8.96. The van der Waals surface area contributed by atoms with Gasteiger partial charge in [-0.25, -0.2) is 0 Å². The Balaban J connectivity index is 0.000000581. The van der Waals surface area contributed by atoms with Crippen molar-refractivity contribution >= 4 is 24.1 Å². The lowest BCUT2D eigenvalue weighted by Crippen LogP contribution is -2.44. The van der Waals surface area contributed by atoms with E-state index in [4.69, 9.17) is 0 Å². The lowest BCUT2D eigenvalue weighted by molar-refractivity contribution is -0.174. The molecule has 0 aromatic rings. The largest absolute Gasteiger partial charge is 0.471 e. The first-order valence-corrected chi connectivity index (χ1v) is 10.3. The highest BCUT2D eigenvalue weighted by atomic mass is 19.4. The Morgan fingerprint density at radius 1 is 1.12 bits per heavy atom. The maximum atomic E-state index is 11.9. The molecule has 4 amide bonds. The number of alkyl halides is 3. The van der Waals surface area contributed by atoms with Gasteiger partial charge in [0.25, 0.3) is 0 Å². The Morgan fingerprint density at radius 3 is 1.97 bits per heavy atom. The molecule has 11 heteroatoms. The number of piperidine rings is 1. The molecule has 8 nitrogen and oxygen atoms in total. The van der Waals surface area contributed by atoms with Gasteiger partial charge >= 0.3 is 12.1 Å². The molecule has 184 valence electrons. The van der Waals surface area contributed by atoms with Gasteiger partial charge in [-0.15, -0.1) is 0 Å². The number of carbonyl (C=O) groups is 4. The second-order valence-corrected chi connectivity index (χ2v) is 8.96. The molecule has 1 saturated carbocycles. The molecule has 2 rings (SSSR count). The molecule has 0 spiro atoms. The Labute approximate surface area is 187 Å². The third-order valence-corrected chi connectivity index (χ3v) is 4.99. The molecular formula is C21H35F3N4O4. The number of nitrogens with one attached hydrogen (secondary N) is 3. The second kappa shape index (κ2) is 12.4. The zero-order valence-corrected chi connectivity index (χ0v) is 19.5. The molecule has 1 aliphatic heterocycles. The van der Waals surface area contributed by atoms with Crippen molar-refractivity contribution in [3.05, 3.63) is 12.7 Å². The van der Waals surface area contributed by atoms with E-state index in [1.165, 1.54) is 4.90 Å². The van der Waals surface area contributed by atoms with Crippen LogP contribution in [0.5, 0.6) is 0 Å². The Hall–Kier alpha value is -2.59. The van der Waals surface area contributed by atoms with Crippen LogP contribution in [0, 0.1) is 23.2 Å². The van der Waals surface area contributed by atoms with E-state index < -0.39 is 24.5 Å². The van der Waals surface area contributed by atoms with E-state index >= 15 is 0 Å². The van der Waals surface area contributed by atoms with E-state index in [9.17, 15) is 32.3 Å². The lowest BCUT2D eigenvalue weighted by atomic mass is 10.1. The van der Waals surface area contributed by atoms with Gasteiger partial charge in [-0.05, 0) is 36.2 Å². The van der Waals surface area contributed by atoms with Crippen molar-refractivity contribution in [1.82, 2.24) is 20.9 Å². The van der Waals surface area contributed by atoms with Crippen molar-refractivity contribution in [2.75, 3.05) is 19.6 Å². The van der Waals surface area contributed by atoms with E-state index in [0.29, 0.717) is 31.3 Å². The fraction of sp³-hybridized carbons (Fsp3) is 0.714. The molecule has 1 heterocycles. The van der Waals surface area contributed by atoms with E-state index in [-0.39, 0.29) is 17.5 Å². The fourth-order valence-corrected chi connectivity index (χ4v) is 3.12. The molecule has 0 aromatic heterocycles. The summed E-state index contributed by atoms with van der Waals surface area (Å²) in [6.07, 6.45) is -3.62. The smallest absolute Gasteiger partial charge is 0.341 e. The predicted molar refractivity (Wildman–Crippen MR) is 114 cm³/mol. The summed E-state index contributed by atoms with van der Waals surface area (Å²) in [5.41, 5.74) is 0.242. The molecule has 3 N–H and O–H groups in total. The molecular weight excluding hydrogens is 429 g/mol. The number of halogens is 3. The normalized spacial score (nSPS) is 20.9. The van der Waals surface area contributed by atoms with Crippen LogP contribution in [0.15, 0.2) is 12.7 Å². The molecule has 1 saturated heterocycles. The SMILES string of the molecule is C=CC(=O)NC(C)NC=O.CC(C)C.CC1(C)C2CN(C(=O)CNC(=O)C(F)(F)F)CC21.